The van der Waals surface area contributed by atoms with Gasteiger partial charge in [0.2, 0.25) is 0 Å². The van der Waals surface area contributed by atoms with Crippen molar-refractivity contribution in [3.63, 3.8) is 0 Å². The Labute approximate surface area is 83.6 Å². The SMILES string of the molecule is CCCOc1ccc(CO[C]=O)cc1. The molecule has 0 saturated heterocycles. The van der Waals surface area contributed by atoms with E-state index in [0.717, 1.165) is 24.3 Å². The largest absolute Gasteiger partial charge is 0.494 e. The first-order valence-electron chi connectivity index (χ1n) is 4.57. The third-order valence-corrected chi connectivity index (χ3v) is 1.69. The zero-order chi connectivity index (χ0) is 10.2. The lowest BCUT2D eigenvalue weighted by molar-refractivity contribution is 0.266. The molecular weight excluding hydrogens is 180 g/mol. The molecule has 0 unspecified atom stereocenters. The Kier molecular flexibility index (Phi) is 4.55. The Morgan fingerprint density at radius 3 is 2.57 bits per heavy atom. The summed E-state index contributed by atoms with van der Waals surface area (Å²) in [6.45, 7) is 4.42. The van der Waals surface area contributed by atoms with Crippen LogP contribution in [0.15, 0.2) is 24.3 Å². The van der Waals surface area contributed by atoms with Crippen LogP contribution >= 0.6 is 0 Å². The summed E-state index contributed by atoms with van der Waals surface area (Å²) in [6, 6.07) is 7.45. The van der Waals surface area contributed by atoms with Gasteiger partial charge >= 0.3 is 6.47 Å². The minimum absolute atomic E-state index is 0.261. The van der Waals surface area contributed by atoms with Gasteiger partial charge in [0.15, 0.2) is 0 Å². The summed E-state index contributed by atoms with van der Waals surface area (Å²) in [5, 5.41) is 0. The molecule has 0 aromatic heterocycles. The fraction of sp³-hybridized carbons (Fsp3) is 0.364. The van der Waals surface area contributed by atoms with E-state index in [2.05, 4.69) is 11.7 Å². The molecule has 3 nitrogen and oxygen atoms in total. The van der Waals surface area contributed by atoms with Gasteiger partial charge in [-0.15, -0.1) is 0 Å². The van der Waals surface area contributed by atoms with Crippen molar-refractivity contribution < 1.29 is 14.3 Å². The molecule has 0 atom stereocenters. The molecule has 0 amide bonds. The van der Waals surface area contributed by atoms with Gasteiger partial charge in [-0.3, -0.25) is 0 Å². The lowest BCUT2D eigenvalue weighted by Gasteiger charge is -2.04. The van der Waals surface area contributed by atoms with E-state index in [1.807, 2.05) is 24.3 Å². The van der Waals surface area contributed by atoms with Crippen LogP contribution in [0.3, 0.4) is 0 Å². The van der Waals surface area contributed by atoms with Crippen molar-refractivity contribution in [3.05, 3.63) is 29.8 Å². The zero-order valence-corrected chi connectivity index (χ0v) is 8.16. The smallest absolute Gasteiger partial charge is 0.417 e. The van der Waals surface area contributed by atoms with Crippen LogP contribution in [0.2, 0.25) is 0 Å². The predicted molar refractivity (Wildman–Crippen MR) is 52.7 cm³/mol. The van der Waals surface area contributed by atoms with E-state index >= 15 is 0 Å². The molecule has 0 aliphatic heterocycles. The number of benzene rings is 1. The average Bonchev–Trinajstić information content (AvgIpc) is 2.25. The summed E-state index contributed by atoms with van der Waals surface area (Å²) in [4.78, 5) is 9.81. The second kappa shape index (κ2) is 6.02. The van der Waals surface area contributed by atoms with Gasteiger partial charge in [-0.05, 0) is 24.1 Å². The maximum Gasteiger partial charge on any atom is 0.417 e. The van der Waals surface area contributed by atoms with E-state index in [-0.39, 0.29) is 6.61 Å². The fourth-order valence-corrected chi connectivity index (χ4v) is 1.01. The average molecular weight is 193 g/mol. The quantitative estimate of drug-likeness (QED) is 0.693. The van der Waals surface area contributed by atoms with Gasteiger partial charge in [0, 0.05) is 0 Å². The van der Waals surface area contributed by atoms with Gasteiger partial charge < -0.3 is 9.47 Å². The Bertz CT molecular complexity index is 266. The Morgan fingerprint density at radius 1 is 1.29 bits per heavy atom. The summed E-state index contributed by atoms with van der Waals surface area (Å²) in [5.41, 5.74) is 0.928. The second-order valence-corrected chi connectivity index (χ2v) is 2.86. The molecule has 0 aliphatic rings. The van der Waals surface area contributed by atoms with Crippen LogP contribution in [-0.2, 0) is 16.1 Å². The molecule has 0 fully saturated rings. The maximum atomic E-state index is 9.81. The first-order chi connectivity index (χ1) is 6.86. The van der Waals surface area contributed by atoms with Crippen molar-refractivity contribution in [1.29, 1.82) is 0 Å². The number of hydrogen-bond donors (Lipinski definition) is 0. The second-order valence-electron chi connectivity index (χ2n) is 2.86. The highest BCUT2D eigenvalue weighted by Crippen LogP contribution is 2.12. The Balaban J connectivity index is 2.46. The van der Waals surface area contributed by atoms with Crippen LogP contribution in [0.25, 0.3) is 0 Å². The fourth-order valence-electron chi connectivity index (χ4n) is 1.01. The van der Waals surface area contributed by atoms with Crippen molar-refractivity contribution in [1.82, 2.24) is 0 Å². The van der Waals surface area contributed by atoms with E-state index in [9.17, 15) is 4.79 Å². The van der Waals surface area contributed by atoms with Gasteiger partial charge in [-0.1, -0.05) is 19.1 Å². The van der Waals surface area contributed by atoms with E-state index in [4.69, 9.17) is 4.74 Å². The molecular formula is C11H13O3. The minimum Gasteiger partial charge on any atom is -0.494 e. The van der Waals surface area contributed by atoms with Crippen molar-refractivity contribution in [3.8, 4) is 5.75 Å². The standard InChI is InChI=1S/C11H13O3/c1-2-7-14-11-5-3-10(4-6-11)8-13-9-12/h3-6H,2,7-8H2,1H3. The topological polar surface area (TPSA) is 35.5 Å². The first kappa shape index (κ1) is 10.6. The summed E-state index contributed by atoms with van der Waals surface area (Å²) < 4.78 is 9.89. The minimum atomic E-state index is 0.261. The number of rotatable bonds is 6. The van der Waals surface area contributed by atoms with Crippen LogP contribution in [0.1, 0.15) is 18.9 Å². The molecule has 14 heavy (non-hydrogen) atoms. The van der Waals surface area contributed by atoms with Crippen LogP contribution in [0.5, 0.6) is 5.75 Å². The normalized spacial score (nSPS) is 9.50. The zero-order valence-electron chi connectivity index (χ0n) is 8.16. The Hall–Kier alpha value is -1.51. The van der Waals surface area contributed by atoms with Gasteiger partial charge in [0.25, 0.3) is 0 Å². The van der Waals surface area contributed by atoms with E-state index in [0.29, 0.717) is 0 Å². The number of ether oxygens (including phenoxy) is 2. The molecule has 0 aliphatic carbocycles. The van der Waals surface area contributed by atoms with Crippen LogP contribution in [-0.4, -0.2) is 13.1 Å². The van der Waals surface area contributed by atoms with Crippen LogP contribution in [0, 0.1) is 0 Å². The molecule has 75 valence electrons. The van der Waals surface area contributed by atoms with Crippen molar-refractivity contribution >= 4 is 6.47 Å². The lowest BCUT2D eigenvalue weighted by Crippen LogP contribution is -1.95. The van der Waals surface area contributed by atoms with E-state index < -0.39 is 0 Å². The third-order valence-electron chi connectivity index (χ3n) is 1.69. The molecule has 0 N–H and O–H groups in total. The van der Waals surface area contributed by atoms with Gasteiger partial charge in [0.05, 0.1) is 6.61 Å². The number of carbonyl (C=O) groups excluding carboxylic acids is 1. The third kappa shape index (κ3) is 3.47. The highest BCUT2D eigenvalue weighted by Gasteiger charge is 1.95. The molecule has 1 aromatic carbocycles. The lowest BCUT2D eigenvalue weighted by atomic mass is 10.2. The maximum absolute atomic E-state index is 9.81. The molecule has 0 saturated carbocycles. The highest BCUT2D eigenvalue weighted by molar-refractivity contribution is 5.38. The molecule has 1 rings (SSSR count). The Morgan fingerprint density at radius 2 is 2.00 bits per heavy atom. The first-order valence-corrected chi connectivity index (χ1v) is 4.57. The summed E-state index contributed by atoms with van der Waals surface area (Å²) in [5.74, 6) is 0.839. The molecule has 3 heteroatoms. The molecule has 0 bridgehead atoms. The number of hydrogen-bond acceptors (Lipinski definition) is 3. The summed E-state index contributed by atoms with van der Waals surface area (Å²) >= 11 is 0. The van der Waals surface area contributed by atoms with Crippen molar-refractivity contribution in [2.24, 2.45) is 0 Å². The van der Waals surface area contributed by atoms with Crippen LogP contribution in [0.4, 0.5) is 0 Å². The van der Waals surface area contributed by atoms with Crippen molar-refractivity contribution in [2.45, 2.75) is 20.0 Å². The molecule has 0 spiro atoms. The predicted octanol–water partition coefficient (Wildman–Crippen LogP) is 2.06. The van der Waals surface area contributed by atoms with Crippen molar-refractivity contribution in [2.75, 3.05) is 6.61 Å². The summed E-state index contributed by atoms with van der Waals surface area (Å²) in [6.07, 6.45) is 0.991. The molecule has 1 radical (unpaired) electrons. The monoisotopic (exact) mass is 193 g/mol. The highest BCUT2D eigenvalue weighted by atomic mass is 16.5. The van der Waals surface area contributed by atoms with E-state index in [1.165, 1.54) is 6.47 Å². The molecule has 1 aromatic rings. The van der Waals surface area contributed by atoms with Crippen LogP contribution < -0.4 is 4.74 Å². The van der Waals surface area contributed by atoms with Gasteiger partial charge in [-0.25, -0.2) is 4.79 Å². The van der Waals surface area contributed by atoms with E-state index in [1.54, 1.807) is 0 Å². The van der Waals surface area contributed by atoms with Gasteiger partial charge in [0.1, 0.15) is 12.4 Å². The molecule has 0 heterocycles. The summed E-state index contributed by atoms with van der Waals surface area (Å²) in [7, 11) is 0. The van der Waals surface area contributed by atoms with Gasteiger partial charge in [-0.2, -0.15) is 0 Å².